The lowest BCUT2D eigenvalue weighted by molar-refractivity contribution is -0.107. The van der Waals surface area contributed by atoms with E-state index in [1.54, 1.807) is 19.3 Å². The molecule has 6 heteroatoms. The fourth-order valence-corrected chi connectivity index (χ4v) is 3.67. The summed E-state index contributed by atoms with van der Waals surface area (Å²) in [5, 5.41) is -0.0245. The minimum absolute atomic E-state index is 0.0245. The highest BCUT2D eigenvalue weighted by atomic mass is 79.9. The van der Waals surface area contributed by atoms with Crippen LogP contribution in [0.4, 0.5) is 0 Å². The SMILES string of the molecule is C=CCSC1=NC(=Cc2ccc(OC)c(Br)c2)C(=O)S1. The van der Waals surface area contributed by atoms with Gasteiger partial charge in [-0.25, -0.2) is 4.99 Å². The zero-order valence-electron chi connectivity index (χ0n) is 10.8. The van der Waals surface area contributed by atoms with Gasteiger partial charge in [0, 0.05) is 5.75 Å². The monoisotopic (exact) mass is 369 g/mol. The van der Waals surface area contributed by atoms with Gasteiger partial charge in [0.05, 0.1) is 11.6 Å². The predicted molar refractivity (Wildman–Crippen MR) is 91.4 cm³/mol. The summed E-state index contributed by atoms with van der Waals surface area (Å²) in [5.41, 5.74) is 1.37. The van der Waals surface area contributed by atoms with Crippen molar-refractivity contribution in [1.29, 1.82) is 0 Å². The average molecular weight is 370 g/mol. The second kappa shape index (κ2) is 7.15. The molecule has 0 saturated carbocycles. The molecule has 1 aromatic rings. The van der Waals surface area contributed by atoms with Crippen LogP contribution in [-0.2, 0) is 4.79 Å². The maximum Gasteiger partial charge on any atom is 0.244 e. The van der Waals surface area contributed by atoms with Crippen LogP contribution in [-0.4, -0.2) is 22.4 Å². The molecular formula is C14H12BrNO2S2. The third kappa shape index (κ3) is 3.77. The maximum atomic E-state index is 11.9. The number of rotatable bonds is 4. The van der Waals surface area contributed by atoms with Crippen molar-refractivity contribution < 1.29 is 9.53 Å². The Hall–Kier alpha value is -0.980. The van der Waals surface area contributed by atoms with Gasteiger partial charge >= 0.3 is 0 Å². The first-order valence-electron chi connectivity index (χ1n) is 5.74. The first kappa shape index (κ1) is 15.4. The van der Waals surface area contributed by atoms with Crippen molar-refractivity contribution in [1.82, 2.24) is 0 Å². The molecule has 0 bridgehead atoms. The topological polar surface area (TPSA) is 38.7 Å². The fraction of sp³-hybridized carbons (Fsp3) is 0.143. The van der Waals surface area contributed by atoms with E-state index in [1.165, 1.54) is 23.5 Å². The molecule has 0 saturated heterocycles. The molecular weight excluding hydrogens is 358 g/mol. The lowest BCUT2D eigenvalue weighted by Gasteiger charge is -2.03. The smallest absolute Gasteiger partial charge is 0.244 e. The molecule has 0 fully saturated rings. The molecule has 0 N–H and O–H groups in total. The molecule has 20 heavy (non-hydrogen) atoms. The zero-order valence-corrected chi connectivity index (χ0v) is 14.0. The minimum Gasteiger partial charge on any atom is -0.496 e. The Labute approximate surface area is 134 Å². The molecule has 0 unspecified atom stereocenters. The van der Waals surface area contributed by atoms with Gasteiger partial charge in [-0.05, 0) is 51.5 Å². The van der Waals surface area contributed by atoms with Crippen LogP contribution in [0.25, 0.3) is 6.08 Å². The number of halogens is 1. The second-order valence-electron chi connectivity index (χ2n) is 3.79. The van der Waals surface area contributed by atoms with E-state index < -0.39 is 0 Å². The Morgan fingerprint density at radius 1 is 1.55 bits per heavy atom. The normalized spacial score (nSPS) is 16.4. The Morgan fingerprint density at radius 3 is 3.00 bits per heavy atom. The molecule has 0 amide bonds. The number of ether oxygens (including phenoxy) is 1. The Kier molecular flexibility index (Phi) is 5.51. The van der Waals surface area contributed by atoms with Crippen LogP contribution in [0.3, 0.4) is 0 Å². The second-order valence-corrected chi connectivity index (χ2v) is 6.87. The van der Waals surface area contributed by atoms with E-state index in [2.05, 4.69) is 27.5 Å². The molecule has 0 atom stereocenters. The van der Waals surface area contributed by atoms with Gasteiger partial charge in [-0.3, -0.25) is 4.79 Å². The van der Waals surface area contributed by atoms with Crippen LogP contribution in [0.2, 0.25) is 0 Å². The average Bonchev–Trinajstić information content (AvgIpc) is 2.77. The molecule has 104 valence electrons. The number of thioether (sulfide) groups is 2. The molecule has 0 spiro atoms. The van der Waals surface area contributed by atoms with Gasteiger partial charge < -0.3 is 4.74 Å². The van der Waals surface area contributed by atoms with Gasteiger partial charge in [0.25, 0.3) is 0 Å². The number of carbonyl (C=O) groups excluding carboxylic acids is 1. The number of methoxy groups -OCH3 is 1. The van der Waals surface area contributed by atoms with E-state index in [0.29, 0.717) is 5.70 Å². The molecule has 1 heterocycles. The molecule has 1 aromatic carbocycles. The van der Waals surface area contributed by atoms with Crippen molar-refractivity contribution >= 4 is 55.0 Å². The van der Waals surface area contributed by atoms with E-state index in [1.807, 2.05) is 18.2 Å². The lowest BCUT2D eigenvalue weighted by Crippen LogP contribution is -1.89. The number of hydrogen-bond acceptors (Lipinski definition) is 5. The van der Waals surface area contributed by atoms with Crippen molar-refractivity contribution in [2.24, 2.45) is 4.99 Å². The Morgan fingerprint density at radius 2 is 2.35 bits per heavy atom. The summed E-state index contributed by atoms with van der Waals surface area (Å²) in [4.78, 5) is 16.2. The van der Waals surface area contributed by atoms with Gasteiger partial charge in [0.1, 0.15) is 15.8 Å². The molecule has 2 rings (SSSR count). The number of carbonyl (C=O) groups is 1. The molecule has 1 aliphatic rings. The van der Waals surface area contributed by atoms with Gasteiger partial charge in [-0.1, -0.05) is 23.9 Å². The van der Waals surface area contributed by atoms with Crippen LogP contribution in [0.15, 0.2) is 46.0 Å². The van der Waals surface area contributed by atoms with E-state index in [0.717, 1.165) is 25.9 Å². The fourth-order valence-electron chi connectivity index (χ4n) is 1.51. The van der Waals surface area contributed by atoms with E-state index in [-0.39, 0.29) is 5.12 Å². The van der Waals surface area contributed by atoms with Gasteiger partial charge in [0.2, 0.25) is 5.12 Å². The van der Waals surface area contributed by atoms with Crippen molar-refractivity contribution in [3.63, 3.8) is 0 Å². The van der Waals surface area contributed by atoms with E-state index >= 15 is 0 Å². The summed E-state index contributed by atoms with van der Waals surface area (Å²) in [7, 11) is 1.61. The van der Waals surface area contributed by atoms with Gasteiger partial charge in [-0.2, -0.15) is 0 Å². The van der Waals surface area contributed by atoms with Crippen molar-refractivity contribution in [2.75, 3.05) is 12.9 Å². The van der Waals surface area contributed by atoms with Crippen LogP contribution in [0.1, 0.15) is 5.56 Å². The van der Waals surface area contributed by atoms with Gasteiger partial charge in [-0.15, -0.1) is 6.58 Å². The third-order valence-electron chi connectivity index (χ3n) is 2.40. The zero-order chi connectivity index (χ0) is 14.5. The first-order chi connectivity index (χ1) is 9.63. The summed E-state index contributed by atoms with van der Waals surface area (Å²) < 4.78 is 6.79. The van der Waals surface area contributed by atoms with Gasteiger partial charge in [0.15, 0.2) is 0 Å². The lowest BCUT2D eigenvalue weighted by atomic mass is 10.2. The summed E-state index contributed by atoms with van der Waals surface area (Å²) >= 11 is 6.10. The van der Waals surface area contributed by atoms with E-state index in [4.69, 9.17) is 4.74 Å². The highest BCUT2D eigenvalue weighted by Gasteiger charge is 2.22. The highest BCUT2D eigenvalue weighted by Crippen LogP contribution is 2.32. The van der Waals surface area contributed by atoms with Crippen LogP contribution >= 0.6 is 39.5 Å². The molecule has 1 aliphatic heterocycles. The van der Waals surface area contributed by atoms with Crippen molar-refractivity contribution in [3.05, 3.63) is 46.6 Å². The first-order valence-corrected chi connectivity index (χ1v) is 8.33. The van der Waals surface area contributed by atoms with E-state index in [9.17, 15) is 4.79 Å². The number of aliphatic imine (C=N–C) groups is 1. The standard InChI is InChI=1S/C14H12BrNO2S2/c1-3-6-19-14-16-11(13(17)20-14)8-9-4-5-12(18-2)10(15)7-9/h3-5,7-8H,1,6H2,2H3. The molecule has 3 nitrogen and oxygen atoms in total. The predicted octanol–water partition coefficient (Wildman–Crippen LogP) is 4.35. The third-order valence-corrected chi connectivity index (χ3v) is 5.03. The summed E-state index contributed by atoms with van der Waals surface area (Å²) in [6, 6.07) is 5.63. The largest absolute Gasteiger partial charge is 0.496 e. The van der Waals surface area contributed by atoms with Crippen LogP contribution < -0.4 is 4.74 Å². The van der Waals surface area contributed by atoms with Crippen LogP contribution in [0, 0.1) is 0 Å². The summed E-state index contributed by atoms with van der Waals surface area (Å²) in [6.45, 7) is 3.65. The maximum absolute atomic E-state index is 11.9. The quantitative estimate of drug-likeness (QED) is 0.584. The van der Waals surface area contributed by atoms with Crippen LogP contribution in [0.5, 0.6) is 5.75 Å². The highest BCUT2D eigenvalue weighted by molar-refractivity contribution is 9.10. The Balaban J connectivity index is 2.21. The number of nitrogens with zero attached hydrogens (tertiary/aromatic N) is 1. The van der Waals surface area contributed by atoms with Crippen molar-refractivity contribution in [2.45, 2.75) is 0 Å². The molecule has 0 aromatic heterocycles. The Bertz CT molecular complexity index is 611. The molecule has 0 radical (unpaired) electrons. The molecule has 0 aliphatic carbocycles. The summed E-state index contributed by atoms with van der Waals surface area (Å²) in [5.74, 6) is 1.51. The van der Waals surface area contributed by atoms with Crippen molar-refractivity contribution in [3.8, 4) is 5.75 Å². The number of hydrogen-bond donors (Lipinski definition) is 0. The number of benzene rings is 1. The summed E-state index contributed by atoms with van der Waals surface area (Å²) in [6.07, 6.45) is 3.57. The minimum atomic E-state index is -0.0245.